The minimum atomic E-state index is -0.579. The molecule has 0 bridgehead atoms. The van der Waals surface area contributed by atoms with E-state index in [-0.39, 0.29) is 24.1 Å². The molecule has 8 nitrogen and oxygen atoms in total. The van der Waals surface area contributed by atoms with E-state index < -0.39 is 4.92 Å². The van der Waals surface area contributed by atoms with Crippen molar-refractivity contribution in [2.75, 3.05) is 25.0 Å². The van der Waals surface area contributed by atoms with Crippen molar-refractivity contribution in [3.05, 3.63) is 22.5 Å². The number of rotatable bonds is 6. The number of nitro groups is 1. The molecule has 0 unspecified atom stereocenters. The first-order valence-electron chi connectivity index (χ1n) is 5.56. The highest BCUT2D eigenvalue weighted by Gasteiger charge is 2.10. The summed E-state index contributed by atoms with van der Waals surface area (Å²) >= 11 is 0. The lowest BCUT2D eigenvalue weighted by atomic mass is 10.4. The first-order chi connectivity index (χ1) is 8.58. The number of nitrogens with one attached hydrogen (secondary N) is 1. The third kappa shape index (κ3) is 3.65. The Hall–Kier alpha value is -2.25. The van der Waals surface area contributed by atoms with Crippen LogP contribution in [0.3, 0.4) is 0 Å². The maximum atomic E-state index is 11.7. The summed E-state index contributed by atoms with van der Waals surface area (Å²) in [5.41, 5.74) is -0.185. The van der Waals surface area contributed by atoms with Gasteiger partial charge >= 0.3 is 5.69 Å². The van der Waals surface area contributed by atoms with Crippen molar-refractivity contribution in [3.8, 4) is 0 Å². The van der Waals surface area contributed by atoms with Crippen LogP contribution in [-0.2, 0) is 4.79 Å². The highest BCUT2D eigenvalue weighted by atomic mass is 16.6. The molecular formula is C10H15N5O3. The Labute approximate surface area is 104 Å². The molecule has 1 aromatic heterocycles. The normalized spacial score (nSPS) is 9.89. The summed E-state index contributed by atoms with van der Waals surface area (Å²) in [5.74, 6) is 0.128. The summed E-state index contributed by atoms with van der Waals surface area (Å²) in [6.45, 7) is 5.13. The molecule has 0 saturated carbocycles. The number of nitrogens with zero attached hydrogens (tertiary/aromatic N) is 4. The average Bonchev–Trinajstić information content (AvgIpc) is 2.38. The molecule has 0 spiro atoms. The first-order valence-corrected chi connectivity index (χ1v) is 5.56. The Balaban J connectivity index is 2.53. The van der Waals surface area contributed by atoms with Crippen LogP contribution < -0.4 is 5.32 Å². The zero-order valence-electron chi connectivity index (χ0n) is 10.3. The van der Waals surface area contributed by atoms with Gasteiger partial charge in [-0.15, -0.1) is 0 Å². The third-order valence-electron chi connectivity index (χ3n) is 2.36. The molecule has 18 heavy (non-hydrogen) atoms. The second-order valence-electron chi connectivity index (χ2n) is 3.44. The molecule has 1 amide bonds. The molecule has 0 radical (unpaired) electrons. The van der Waals surface area contributed by atoms with E-state index in [0.29, 0.717) is 13.1 Å². The van der Waals surface area contributed by atoms with Gasteiger partial charge in [0, 0.05) is 13.1 Å². The number of hydrogen-bond acceptors (Lipinski definition) is 6. The summed E-state index contributed by atoms with van der Waals surface area (Å²) in [6, 6.07) is 0. The summed E-state index contributed by atoms with van der Waals surface area (Å²) in [4.78, 5) is 30.6. The average molecular weight is 253 g/mol. The van der Waals surface area contributed by atoms with Crippen LogP contribution in [0, 0.1) is 10.1 Å². The van der Waals surface area contributed by atoms with Gasteiger partial charge in [0.15, 0.2) is 0 Å². The van der Waals surface area contributed by atoms with Gasteiger partial charge in [-0.2, -0.15) is 0 Å². The molecule has 0 aliphatic rings. The van der Waals surface area contributed by atoms with Crippen molar-refractivity contribution in [1.29, 1.82) is 0 Å². The molecule has 1 N–H and O–H groups in total. The summed E-state index contributed by atoms with van der Waals surface area (Å²) in [7, 11) is 0. The number of amides is 1. The van der Waals surface area contributed by atoms with Crippen molar-refractivity contribution in [2.24, 2.45) is 0 Å². The maximum absolute atomic E-state index is 11.7. The zero-order valence-corrected chi connectivity index (χ0v) is 10.3. The lowest BCUT2D eigenvalue weighted by molar-refractivity contribution is -0.385. The van der Waals surface area contributed by atoms with Crippen molar-refractivity contribution in [2.45, 2.75) is 13.8 Å². The van der Waals surface area contributed by atoms with Gasteiger partial charge in [-0.1, -0.05) is 0 Å². The van der Waals surface area contributed by atoms with Crippen LogP contribution in [0.1, 0.15) is 13.8 Å². The molecule has 0 aliphatic carbocycles. The van der Waals surface area contributed by atoms with Gasteiger partial charge in [0.05, 0.1) is 11.5 Å². The smallest absolute Gasteiger partial charge is 0.305 e. The number of anilines is 1. The molecule has 98 valence electrons. The third-order valence-corrected chi connectivity index (χ3v) is 2.36. The molecule has 0 fully saturated rings. The van der Waals surface area contributed by atoms with E-state index in [1.54, 1.807) is 4.90 Å². The van der Waals surface area contributed by atoms with Gasteiger partial charge in [0.25, 0.3) is 0 Å². The molecule has 0 aliphatic heterocycles. The highest BCUT2D eigenvalue weighted by molar-refractivity contribution is 5.80. The van der Waals surface area contributed by atoms with Gasteiger partial charge < -0.3 is 10.2 Å². The Morgan fingerprint density at radius 1 is 1.39 bits per heavy atom. The Morgan fingerprint density at radius 2 is 1.94 bits per heavy atom. The second-order valence-corrected chi connectivity index (χ2v) is 3.44. The molecular weight excluding hydrogens is 238 g/mol. The predicted molar refractivity (Wildman–Crippen MR) is 65.1 cm³/mol. The van der Waals surface area contributed by atoms with Crippen molar-refractivity contribution >= 4 is 17.5 Å². The summed E-state index contributed by atoms with van der Waals surface area (Å²) in [5, 5.41) is 13.1. The predicted octanol–water partition coefficient (Wildman–Crippen LogP) is 0.665. The molecule has 1 aromatic rings. The van der Waals surface area contributed by atoms with Crippen LogP contribution in [0.25, 0.3) is 0 Å². The minimum Gasteiger partial charge on any atom is -0.345 e. The van der Waals surface area contributed by atoms with E-state index in [9.17, 15) is 14.9 Å². The van der Waals surface area contributed by atoms with Crippen LogP contribution in [0.4, 0.5) is 11.6 Å². The quantitative estimate of drug-likeness (QED) is 0.590. The number of aromatic nitrogens is 2. The van der Waals surface area contributed by atoms with E-state index in [1.807, 2.05) is 13.8 Å². The first kappa shape index (κ1) is 13.8. The molecule has 1 rings (SSSR count). The number of likely N-dealkylation sites (N-methyl/N-ethyl adjacent to an activating group) is 1. The van der Waals surface area contributed by atoms with Crippen molar-refractivity contribution in [1.82, 2.24) is 14.9 Å². The van der Waals surface area contributed by atoms with Gasteiger partial charge in [-0.3, -0.25) is 14.9 Å². The van der Waals surface area contributed by atoms with Gasteiger partial charge in [-0.25, -0.2) is 9.97 Å². The van der Waals surface area contributed by atoms with E-state index in [4.69, 9.17) is 0 Å². The Kier molecular flexibility index (Phi) is 4.97. The number of carbonyl (C=O) groups is 1. The van der Waals surface area contributed by atoms with Crippen LogP contribution in [0.5, 0.6) is 0 Å². The SMILES string of the molecule is CCN(CC)C(=O)CNc1ncc([N+](=O)[O-])cn1. The maximum Gasteiger partial charge on any atom is 0.305 e. The lowest BCUT2D eigenvalue weighted by Crippen LogP contribution is -2.35. The fourth-order valence-corrected chi connectivity index (χ4v) is 1.35. The van der Waals surface area contributed by atoms with Crippen LogP contribution in [0.15, 0.2) is 12.4 Å². The topological polar surface area (TPSA) is 101 Å². The van der Waals surface area contributed by atoms with Gasteiger partial charge in [-0.05, 0) is 13.8 Å². The van der Waals surface area contributed by atoms with Crippen LogP contribution in [-0.4, -0.2) is 45.3 Å². The fourth-order valence-electron chi connectivity index (χ4n) is 1.35. The van der Waals surface area contributed by atoms with E-state index in [0.717, 1.165) is 12.4 Å². The molecule has 8 heteroatoms. The summed E-state index contributed by atoms with van der Waals surface area (Å²) < 4.78 is 0. The molecule has 0 aromatic carbocycles. The van der Waals surface area contributed by atoms with Crippen molar-refractivity contribution in [3.63, 3.8) is 0 Å². The largest absolute Gasteiger partial charge is 0.345 e. The van der Waals surface area contributed by atoms with Gasteiger partial charge in [0.2, 0.25) is 11.9 Å². The fraction of sp³-hybridized carbons (Fsp3) is 0.500. The van der Waals surface area contributed by atoms with E-state index in [1.165, 1.54) is 0 Å². The van der Waals surface area contributed by atoms with Crippen molar-refractivity contribution < 1.29 is 9.72 Å². The van der Waals surface area contributed by atoms with E-state index >= 15 is 0 Å². The molecule has 0 atom stereocenters. The minimum absolute atomic E-state index is 0.0676. The monoisotopic (exact) mass is 253 g/mol. The molecule has 1 heterocycles. The van der Waals surface area contributed by atoms with Crippen LogP contribution >= 0.6 is 0 Å². The summed E-state index contributed by atoms with van der Waals surface area (Å²) in [6.07, 6.45) is 2.19. The highest BCUT2D eigenvalue weighted by Crippen LogP contribution is 2.07. The number of hydrogen-bond donors (Lipinski definition) is 1. The second kappa shape index (κ2) is 6.48. The molecule has 0 saturated heterocycles. The lowest BCUT2D eigenvalue weighted by Gasteiger charge is -2.18. The standard InChI is InChI=1S/C10H15N5O3/c1-3-14(4-2)9(16)7-13-10-11-5-8(6-12-10)15(17)18/h5-6H,3-4,7H2,1-2H3,(H,11,12,13). The van der Waals surface area contributed by atoms with E-state index in [2.05, 4.69) is 15.3 Å². The Morgan fingerprint density at radius 3 is 2.39 bits per heavy atom. The van der Waals surface area contributed by atoms with Gasteiger partial charge in [0.1, 0.15) is 12.4 Å². The van der Waals surface area contributed by atoms with Crippen LogP contribution in [0.2, 0.25) is 0 Å². The Bertz CT molecular complexity index is 416. The number of carbonyl (C=O) groups excluding carboxylic acids is 1. The zero-order chi connectivity index (χ0) is 13.5.